The Labute approximate surface area is 181 Å². The number of nitrogens with one attached hydrogen (secondary N) is 3. The topological polar surface area (TPSA) is 74.8 Å². The lowest BCUT2D eigenvalue weighted by atomic mass is 10.2. The van der Waals surface area contributed by atoms with Crippen molar-refractivity contribution < 1.29 is 9.53 Å². The van der Waals surface area contributed by atoms with E-state index in [1.54, 1.807) is 0 Å². The van der Waals surface area contributed by atoms with Crippen LogP contribution >= 0.6 is 39.9 Å². The molecule has 2 rings (SSSR count). The molecule has 0 radical (unpaired) electrons. The summed E-state index contributed by atoms with van der Waals surface area (Å²) in [6.45, 7) is 6.78. The smallest absolute Gasteiger partial charge is 0.226 e. The molecule has 146 valence electrons. The maximum absolute atomic E-state index is 12.1. The van der Waals surface area contributed by atoms with Gasteiger partial charge in [-0.1, -0.05) is 22.0 Å². The predicted molar refractivity (Wildman–Crippen MR) is 120 cm³/mol. The maximum Gasteiger partial charge on any atom is 0.226 e. The monoisotopic (exact) mass is 538 g/mol. The Hall–Kier alpha value is -0.870. The van der Waals surface area contributed by atoms with Crippen LogP contribution < -0.4 is 16.0 Å². The maximum atomic E-state index is 12.1. The number of carbonyl (C=O) groups excluding carboxylic acids is 1. The summed E-state index contributed by atoms with van der Waals surface area (Å²) in [6, 6.07) is 5.84. The molecule has 26 heavy (non-hydrogen) atoms. The predicted octanol–water partition coefficient (Wildman–Crippen LogP) is 3.44. The lowest BCUT2D eigenvalue weighted by Crippen LogP contribution is -2.39. The standard InChI is InChI=1S/C18H27BrN4O2.HI/c1-3-20-18(22-12-15-5-4-10-25-15)21-9-8-17(24)23-16-11-14(19)7-6-13(16)2;/h6-7,11,15H,3-5,8-10,12H2,1-2H3,(H,23,24)(H2,20,21,22);1H. The number of carbonyl (C=O) groups is 1. The first-order valence-corrected chi connectivity index (χ1v) is 9.57. The highest BCUT2D eigenvalue weighted by Gasteiger charge is 2.15. The van der Waals surface area contributed by atoms with Crippen molar-refractivity contribution in [2.75, 3.05) is 31.6 Å². The Morgan fingerprint density at radius 3 is 2.88 bits per heavy atom. The highest BCUT2D eigenvalue weighted by atomic mass is 127. The molecule has 1 aromatic rings. The molecule has 6 nitrogen and oxygen atoms in total. The molecule has 1 heterocycles. The molecule has 0 bridgehead atoms. The molecule has 1 aliphatic rings. The number of hydrogen-bond donors (Lipinski definition) is 3. The van der Waals surface area contributed by atoms with Crippen molar-refractivity contribution in [1.29, 1.82) is 0 Å². The van der Waals surface area contributed by atoms with Crippen LogP contribution in [0.3, 0.4) is 0 Å². The lowest BCUT2D eigenvalue weighted by molar-refractivity contribution is -0.116. The molecular weight excluding hydrogens is 511 g/mol. The van der Waals surface area contributed by atoms with Crippen molar-refractivity contribution in [3.05, 3.63) is 28.2 Å². The number of amides is 1. The number of aryl methyl sites for hydroxylation is 1. The minimum Gasteiger partial charge on any atom is -0.376 e. The second kappa shape index (κ2) is 12.5. The van der Waals surface area contributed by atoms with Gasteiger partial charge in [-0.2, -0.15) is 0 Å². The van der Waals surface area contributed by atoms with Gasteiger partial charge >= 0.3 is 0 Å². The van der Waals surface area contributed by atoms with E-state index in [9.17, 15) is 4.79 Å². The van der Waals surface area contributed by atoms with Crippen molar-refractivity contribution in [2.45, 2.75) is 39.2 Å². The molecule has 0 spiro atoms. The number of halogens is 2. The van der Waals surface area contributed by atoms with Gasteiger partial charge in [-0.3, -0.25) is 9.79 Å². The summed E-state index contributed by atoms with van der Waals surface area (Å²) in [5, 5.41) is 9.34. The zero-order valence-electron chi connectivity index (χ0n) is 15.3. The highest BCUT2D eigenvalue weighted by molar-refractivity contribution is 14.0. The second-order valence-corrected chi connectivity index (χ2v) is 6.95. The molecule has 1 aliphatic heterocycles. The van der Waals surface area contributed by atoms with E-state index < -0.39 is 0 Å². The Balaban J connectivity index is 0.00000338. The van der Waals surface area contributed by atoms with E-state index in [1.807, 2.05) is 32.0 Å². The first-order valence-electron chi connectivity index (χ1n) is 8.78. The summed E-state index contributed by atoms with van der Waals surface area (Å²) in [4.78, 5) is 16.7. The fourth-order valence-corrected chi connectivity index (χ4v) is 2.92. The fourth-order valence-electron chi connectivity index (χ4n) is 2.56. The number of aliphatic imine (C=N–C) groups is 1. The average Bonchev–Trinajstić information content (AvgIpc) is 3.09. The molecule has 3 N–H and O–H groups in total. The van der Waals surface area contributed by atoms with Gasteiger partial charge in [0.2, 0.25) is 5.91 Å². The van der Waals surface area contributed by atoms with Crippen LogP contribution in [0.1, 0.15) is 31.7 Å². The number of rotatable bonds is 7. The summed E-state index contributed by atoms with van der Waals surface area (Å²) in [5.74, 6) is 0.702. The van der Waals surface area contributed by atoms with Crippen LogP contribution in [0.15, 0.2) is 27.7 Å². The third-order valence-corrected chi connectivity index (χ3v) is 4.43. The molecule has 1 amide bonds. The summed E-state index contributed by atoms with van der Waals surface area (Å²) in [6.07, 6.45) is 2.77. The number of guanidine groups is 1. The molecule has 0 aromatic heterocycles. The number of benzene rings is 1. The van der Waals surface area contributed by atoms with E-state index in [4.69, 9.17) is 4.74 Å². The van der Waals surface area contributed by atoms with E-state index >= 15 is 0 Å². The largest absolute Gasteiger partial charge is 0.376 e. The minimum absolute atomic E-state index is 0. The Kier molecular flexibility index (Phi) is 11.1. The van der Waals surface area contributed by atoms with Crippen LogP contribution in [0.25, 0.3) is 0 Å². The molecule has 1 unspecified atom stereocenters. The fraction of sp³-hybridized carbons (Fsp3) is 0.556. The van der Waals surface area contributed by atoms with E-state index in [0.29, 0.717) is 19.5 Å². The van der Waals surface area contributed by atoms with Crippen molar-refractivity contribution in [1.82, 2.24) is 10.6 Å². The first-order chi connectivity index (χ1) is 12.1. The second-order valence-electron chi connectivity index (χ2n) is 6.04. The van der Waals surface area contributed by atoms with Gasteiger partial charge in [0, 0.05) is 36.3 Å². The van der Waals surface area contributed by atoms with Gasteiger partial charge in [0.1, 0.15) is 0 Å². The summed E-state index contributed by atoms with van der Waals surface area (Å²) in [7, 11) is 0. The summed E-state index contributed by atoms with van der Waals surface area (Å²) in [5.41, 5.74) is 1.87. The molecule has 1 aromatic carbocycles. The van der Waals surface area contributed by atoms with E-state index in [0.717, 1.165) is 47.7 Å². The van der Waals surface area contributed by atoms with E-state index in [2.05, 4.69) is 36.9 Å². The molecule has 0 saturated carbocycles. The summed E-state index contributed by atoms with van der Waals surface area (Å²) >= 11 is 3.42. The Morgan fingerprint density at radius 1 is 1.38 bits per heavy atom. The van der Waals surface area contributed by atoms with Crippen LogP contribution in [0.2, 0.25) is 0 Å². The van der Waals surface area contributed by atoms with Crippen molar-refractivity contribution in [3.63, 3.8) is 0 Å². The van der Waals surface area contributed by atoms with Crippen LogP contribution in [0.4, 0.5) is 5.69 Å². The average molecular weight is 539 g/mol. The van der Waals surface area contributed by atoms with Crippen LogP contribution in [0.5, 0.6) is 0 Å². The first kappa shape index (κ1) is 23.2. The molecule has 8 heteroatoms. The third kappa shape index (κ3) is 8.22. The van der Waals surface area contributed by atoms with Gasteiger partial charge in [-0.05, 0) is 44.4 Å². The molecular formula is C18H28BrIN4O2. The molecule has 0 aliphatic carbocycles. The zero-order valence-corrected chi connectivity index (χ0v) is 19.2. The zero-order chi connectivity index (χ0) is 18.1. The van der Waals surface area contributed by atoms with Crippen LogP contribution in [0, 0.1) is 6.92 Å². The molecule has 1 fully saturated rings. The van der Waals surface area contributed by atoms with Gasteiger partial charge in [0.05, 0.1) is 12.6 Å². The van der Waals surface area contributed by atoms with Crippen molar-refractivity contribution in [3.8, 4) is 0 Å². The Bertz CT molecular complexity index is 607. The van der Waals surface area contributed by atoms with Gasteiger partial charge in [-0.15, -0.1) is 24.0 Å². The number of ether oxygens (including phenoxy) is 1. The van der Waals surface area contributed by atoms with E-state index in [1.165, 1.54) is 0 Å². The van der Waals surface area contributed by atoms with Gasteiger partial charge in [-0.25, -0.2) is 0 Å². The quantitative estimate of drug-likeness (QED) is 0.282. The van der Waals surface area contributed by atoms with Crippen LogP contribution in [-0.2, 0) is 9.53 Å². The normalized spacial score (nSPS) is 16.7. The molecule has 1 saturated heterocycles. The molecule has 1 atom stereocenters. The highest BCUT2D eigenvalue weighted by Crippen LogP contribution is 2.20. The van der Waals surface area contributed by atoms with Gasteiger partial charge < -0.3 is 20.7 Å². The van der Waals surface area contributed by atoms with Crippen LogP contribution in [-0.4, -0.2) is 44.2 Å². The van der Waals surface area contributed by atoms with Crippen molar-refractivity contribution in [2.24, 2.45) is 4.99 Å². The summed E-state index contributed by atoms with van der Waals surface area (Å²) < 4.78 is 6.53. The van der Waals surface area contributed by atoms with Gasteiger partial charge in [0.25, 0.3) is 0 Å². The van der Waals surface area contributed by atoms with Gasteiger partial charge in [0.15, 0.2) is 5.96 Å². The minimum atomic E-state index is -0.0244. The van der Waals surface area contributed by atoms with Crippen molar-refractivity contribution >= 4 is 57.5 Å². The SMILES string of the molecule is CCNC(=NCC1CCCO1)NCCC(=O)Nc1cc(Br)ccc1C.I. The third-order valence-electron chi connectivity index (χ3n) is 3.94. The number of hydrogen-bond acceptors (Lipinski definition) is 3. The number of nitrogens with zero attached hydrogens (tertiary/aromatic N) is 1. The lowest BCUT2D eigenvalue weighted by Gasteiger charge is -2.13. The number of anilines is 1. The van der Waals surface area contributed by atoms with E-state index in [-0.39, 0.29) is 36.0 Å². The Morgan fingerprint density at radius 2 is 2.19 bits per heavy atom.